The third-order valence-corrected chi connectivity index (χ3v) is 2.20. The number of fused-ring (bicyclic) bond motifs is 1. The quantitative estimate of drug-likeness (QED) is 0.662. The lowest BCUT2D eigenvalue weighted by Crippen LogP contribution is -2.34. The molecule has 2 N–H and O–H groups in total. The Morgan fingerprint density at radius 2 is 2.53 bits per heavy atom. The number of anilines is 1. The van der Waals surface area contributed by atoms with Crippen LogP contribution >= 0.6 is 0 Å². The van der Waals surface area contributed by atoms with Gasteiger partial charge in [-0.05, 0) is 0 Å². The van der Waals surface area contributed by atoms with Crippen molar-refractivity contribution in [1.82, 2.24) is 19.6 Å². The van der Waals surface area contributed by atoms with E-state index in [1.807, 2.05) is 0 Å². The average molecular weight is 237 g/mol. The summed E-state index contributed by atoms with van der Waals surface area (Å²) in [6, 6.07) is -0.879. The number of hydrogen-bond acceptors (Lipinski definition) is 7. The Morgan fingerprint density at radius 1 is 1.71 bits per heavy atom. The predicted molar refractivity (Wildman–Crippen MR) is 57.3 cm³/mol. The van der Waals surface area contributed by atoms with Crippen LogP contribution in [-0.4, -0.2) is 50.4 Å². The van der Waals surface area contributed by atoms with E-state index in [9.17, 15) is 4.79 Å². The minimum absolute atomic E-state index is 0.356. The number of aliphatic hydroxyl groups is 1. The zero-order valence-corrected chi connectivity index (χ0v) is 9.07. The molecule has 0 saturated heterocycles. The van der Waals surface area contributed by atoms with Gasteiger partial charge in [-0.3, -0.25) is 4.40 Å². The lowest BCUT2D eigenvalue weighted by molar-refractivity contribution is -0.142. The van der Waals surface area contributed by atoms with E-state index in [0.29, 0.717) is 11.5 Å². The molecule has 2 aromatic heterocycles. The Hall–Kier alpha value is -2.22. The van der Waals surface area contributed by atoms with Crippen LogP contribution in [0.15, 0.2) is 18.7 Å². The van der Waals surface area contributed by atoms with E-state index in [-0.39, 0.29) is 0 Å². The molecule has 90 valence electrons. The number of carbonyl (C=O) groups excluding carboxylic acids is 1. The predicted octanol–water partition coefficient (Wildman–Crippen LogP) is -0.930. The zero-order valence-electron chi connectivity index (χ0n) is 9.07. The van der Waals surface area contributed by atoms with Crippen LogP contribution in [0.4, 0.5) is 5.82 Å². The number of rotatable bonds is 4. The Bertz CT molecular complexity index is 526. The minimum atomic E-state index is -0.879. The standard InChI is InChI=1S/C9H11N5O3/c1-17-9(16)6(4-15)12-7-8-13-11-5-14(8)3-2-10-7/h2-3,5-6,15H,4H2,1H3,(H,10,12). The van der Waals surface area contributed by atoms with Crippen molar-refractivity contribution in [1.29, 1.82) is 0 Å². The highest BCUT2D eigenvalue weighted by Gasteiger charge is 2.19. The zero-order chi connectivity index (χ0) is 12.3. The van der Waals surface area contributed by atoms with Crippen LogP contribution in [-0.2, 0) is 9.53 Å². The summed E-state index contributed by atoms with van der Waals surface area (Å²) in [5.41, 5.74) is 0.467. The average Bonchev–Trinajstić information content (AvgIpc) is 2.83. The number of hydrogen-bond donors (Lipinski definition) is 2. The summed E-state index contributed by atoms with van der Waals surface area (Å²) in [5, 5.41) is 19.4. The van der Waals surface area contributed by atoms with Crippen molar-refractivity contribution in [2.45, 2.75) is 6.04 Å². The molecule has 0 amide bonds. The number of nitrogens with zero attached hydrogens (tertiary/aromatic N) is 4. The van der Waals surface area contributed by atoms with Crippen LogP contribution in [0.25, 0.3) is 5.65 Å². The van der Waals surface area contributed by atoms with Gasteiger partial charge in [0.15, 0.2) is 5.82 Å². The largest absolute Gasteiger partial charge is 0.467 e. The van der Waals surface area contributed by atoms with Crippen molar-refractivity contribution in [3.05, 3.63) is 18.7 Å². The minimum Gasteiger partial charge on any atom is -0.467 e. The summed E-state index contributed by atoms with van der Waals surface area (Å²) >= 11 is 0. The van der Waals surface area contributed by atoms with Gasteiger partial charge in [0.25, 0.3) is 0 Å². The summed E-state index contributed by atoms with van der Waals surface area (Å²) in [6.45, 7) is -0.399. The van der Waals surface area contributed by atoms with Gasteiger partial charge in [0, 0.05) is 12.4 Å². The Balaban J connectivity index is 2.28. The van der Waals surface area contributed by atoms with E-state index in [0.717, 1.165) is 0 Å². The van der Waals surface area contributed by atoms with Gasteiger partial charge in [-0.25, -0.2) is 9.78 Å². The molecule has 0 bridgehead atoms. The monoisotopic (exact) mass is 237 g/mol. The van der Waals surface area contributed by atoms with Crippen LogP contribution in [0.1, 0.15) is 0 Å². The molecule has 0 aliphatic heterocycles. The lowest BCUT2D eigenvalue weighted by Gasteiger charge is -2.14. The molecule has 0 fully saturated rings. The van der Waals surface area contributed by atoms with Gasteiger partial charge in [0.05, 0.1) is 13.7 Å². The first-order valence-electron chi connectivity index (χ1n) is 4.86. The maximum absolute atomic E-state index is 11.3. The number of aliphatic hydroxyl groups excluding tert-OH is 1. The van der Waals surface area contributed by atoms with Gasteiger partial charge in [0.2, 0.25) is 5.65 Å². The van der Waals surface area contributed by atoms with Gasteiger partial charge in [-0.2, -0.15) is 0 Å². The van der Waals surface area contributed by atoms with Gasteiger partial charge >= 0.3 is 5.97 Å². The molecular formula is C9H11N5O3. The van der Waals surface area contributed by atoms with Crippen LogP contribution in [0.3, 0.4) is 0 Å². The molecule has 0 spiro atoms. The summed E-state index contributed by atoms with van der Waals surface area (Å²) in [4.78, 5) is 15.3. The van der Waals surface area contributed by atoms with Crippen molar-refractivity contribution in [3.8, 4) is 0 Å². The Kier molecular flexibility index (Phi) is 3.15. The summed E-state index contributed by atoms with van der Waals surface area (Å²) < 4.78 is 6.18. The van der Waals surface area contributed by atoms with E-state index in [1.54, 1.807) is 10.6 Å². The number of methoxy groups -OCH3 is 1. The van der Waals surface area contributed by atoms with E-state index in [1.165, 1.54) is 19.6 Å². The number of carbonyl (C=O) groups is 1. The van der Waals surface area contributed by atoms with Crippen LogP contribution in [0, 0.1) is 0 Å². The number of aromatic nitrogens is 4. The van der Waals surface area contributed by atoms with E-state index >= 15 is 0 Å². The first-order chi connectivity index (χ1) is 8.26. The Morgan fingerprint density at radius 3 is 3.24 bits per heavy atom. The fourth-order valence-electron chi connectivity index (χ4n) is 1.35. The number of nitrogens with one attached hydrogen (secondary N) is 1. The molecular weight excluding hydrogens is 226 g/mol. The number of ether oxygens (including phenoxy) is 1. The smallest absolute Gasteiger partial charge is 0.330 e. The Labute approximate surface area is 96.3 Å². The van der Waals surface area contributed by atoms with E-state index in [4.69, 9.17) is 5.11 Å². The summed E-state index contributed by atoms with van der Waals surface area (Å²) in [7, 11) is 1.25. The molecule has 1 unspecified atom stereocenters. The van der Waals surface area contributed by atoms with Crippen LogP contribution in [0.5, 0.6) is 0 Å². The van der Waals surface area contributed by atoms with Crippen LogP contribution in [0.2, 0.25) is 0 Å². The molecule has 8 heteroatoms. The van der Waals surface area contributed by atoms with Crippen molar-refractivity contribution < 1.29 is 14.6 Å². The summed E-state index contributed by atoms with van der Waals surface area (Å²) in [5.74, 6) is -0.217. The molecule has 0 saturated carbocycles. The van der Waals surface area contributed by atoms with Gasteiger partial charge < -0.3 is 15.2 Å². The maximum Gasteiger partial charge on any atom is 0.330 e. The van der Waals surface area contributed by atoms with Crippen LogP contribution < -0.4 is 5.32 Å². The fraction of sp³-hybridized carbons (Fsp3) is 0.333. The molecule has 17 heavy (non-hydrogen) atoms. The molecule has 2 aromatic rings. The van der Waals surface area contributed by atoms with Crippen molar-refractivity contribution in [2.75, 3.05) is 19.0 Å². The first-order valence-corrected chi connectivity index (χ1v) is 4.86. The highest BCUT2D eigenvalue weighted by Crippen LogP contribution is 2.11. The van der Waals surface area contributed by atoms with Gasteiger partial charge in [-0.15, -0.1) is 10.2 Å². The molecule has 1 atom stereocenters. The third-order valence-electron chi connectivity index (χ3n) is 2.20. The molecule has 0 radical (unpaired) electrons. The second kappa shape index (κ2) is 4.74. The maximum atomic E-state index is 11.3. The normalized spacial score (nSPS) is 12.4. The second-order valence-electron chi connectivity index (χ2n) is 3.24. The van der Waals surface area contributed by atoms with Crippen molar-refractivity contribution in [3.63, 3.8) is 0 Å². The SMILES string of the molecule is COC(=O)C(CO)Nc1nccn2cnnc12. The van der Waals surface area contributed by atoms with Crippen molar-refractivity contribution >= 4 is 17.4 Å². The van der Waals surface area contributed by atoms with Gasteiger partial charge in [-0.1, -0.05) is 0 Å². The summed E-state index contributed by atoms with van der Waals surface area (Å²) in [6.07, 6.45) is 4.71. The topological polar surface area (TPSA) is 102 Å². The second-order valence-corrected chi connectivity index (χ2v) is 3.24. The molecule has 0 aromatic carbocycles. The van der Waals surface area contributed by atoms with Gasteiger partial charge in [0.1, 0.15) is 12.4 Å². The highest BCUT2D eigenvalue weighted by atomic mass is 16.5. The highest BCUT2D eigenvalue weighted by molar-refractivity contribution is 5.80. The molecule has 2 rings (SSSR count). The van der Waals surface area contributed by atoms with Crippen molar-refractivity contribution in [2.24, 2.45) is 0 Å². The third kappa shape index (κ3) is 2.16. The molecule has 0 aliphatic rings. The molecule has 8 nitrogen and oxygen atoms in total. The molecule has 0 aliphatic carbocycles. The number of esters is 1. The molecule has 2 heterocycles. The lowest BCUT2D eigenvalue weighted by atomic mass is 10.3. The van der Waals surface area contributed by atoms with E-state index in [2.05, 4.69) is 25.2 Å². The first kappa shape index (κ1) is 11.3. The van der Waals surface area contributed by atoms with E-state index < -0.39 is 18.6 Å². The fourth-order valence-corrected chi connectivity index (χ4v) is 1.35.